The summed E-state index contributed by atoms with van der Waals surface area (Å²) in [5.74, 6) is 0.0842. The molecule has 9 heteroatoms. The molecule has 0 N–H and O–H groups in total. The molecular formula is C12H8ClN3O3S2. The van der Waals surface area contributed by atoms with E-state index in [1.165, 1.54) is 30.1 Å². The fourth-order valence-electron chi connectivity index (χ4n) is 1.46. The number of benzene rings is 1. The number of amides is 1. The van der Waals surface area contributed by atoms with E-state index in [2.05, 4.69) is 5.10 Å². The van der Waals surface area contributed by atoms with Crippen molar-refractivity contribution in [2.24, 2.45) is 5.10 Å². The van der Waals surface area contributed by atoms with E-state index in [-0.39, 0.29) is 22.4 Å². The van der Waals surface area contributed by atoms with Crippen molar-refractivity contribution in [2.45, 2.75) is 0 Å². The van der Waals surface area contributed by atoms with Crippen LogP contribution in [-0.4, -0.2) is 32.1 Å². The standard InChI is InChI=1S/C12H8ClN3O3S2/c13-9(6-14-15-11(17)7-21-12(15)20)5-8-1-3-10(4-2-8)16(18)19/h1-6H,7H2/b9-5-,14-6+. The van der Waals surface area contributed by atoms with Gasteiger partial charge in [0.1, 0.15) is 0 Å². The van der Waals surface area contributed by atoms with E-state index in [0.29, 0.717) is 9.88 Å². The van der Waals surface area contributed by atoms with Gasteiger partial charge in [-0.05, 0) is 23.8 Å². The van der Waals surface area contributed by atoms with Crippen molar-refractivity contribution in [1.82, 2.24) is 5.01 Å². The van der Waals surface area contributed by atoms with Crippen LogP contribution >= 0.6 is 35.6 Å². The topological polar surface area (TPSA) is 75.8 Å². The van der Waals surface area contributed by atoms with Gasteiger partial charge in [0, 0.05) is 12.1 Å². The first kappa shape index (κ1) is 15.6. The van der Waals surface area contributed by atoms with Gasteiger partial charge in [-0.15, -0.1) is 0 Å². The largest absolute Gasteiger partial charge is 0.272 e. The molecule has 1 saturated heterocycles. The third-order valence-corrected chi connectivity index (χ3v) is 3.98. The molecule has 0 atom stereocenters. The molecule has 0 saturated carbocycles. The van der Waals surface area contributed by atoms with Crippen LogP contribution in [0.5, 0.6) is 0 Å². The van der Waals surface area contributed by atoms with Crippen molar-refractivity contribution in [1.29, 1.82) is 0 Å². The van der Waals surface area contributed by atoms with E-state index in [1.54, 1.807) is 18.2 Å². The van der Waals surface area contributed by atoms with Crippen LogP contribution in [0.1, 0.15) is 5.56 Å². The van der Waals surface area contributed by atoms with Crippen molar-refractivity contribution in [3.8, 4) is 0 Å². The highest BCUT2D eigenvalue weighted by atomic mass is 35.5. The third kappa shape index (κ3) is 4.10. The number of carbonyl (C=O) groups excluding carboxylic acids is 1. The molecule has 0 spiro atoms. The smallest absolute Gasteiger partial charge is 0.269 e. The SMILES string of the molecule is O=C1CSC(=S)N1/N=C/C(Cl)=C/c1ccc([N+](=O)[O-])cc1. The van der Waals surface area contributed by atoms with Gasteiger partial charge in [-0.3, -0.25) is 14.9 Å². The van der Waals surface area contributed by atoms with E-state index in [9.17, 15) is 14.9 Å². The Labute approximate surface area is 134 Å². The normalized spacial score (nSPS) is 16.0. The monoisotopic (exact) mass is 341 g/mol. The molecule has 1 aliphatic rings. The lowest BCUT2D eigenvalue weighted by atomic mass is 10.2. The minimum absolute atomic E-state index is 0.00183. The summed E-state index contributed by atoms with van der Waals surface area (Å²) in [5, 5.41) is 15.8. The summed E-state index contributed by atoms with van der Waals surface area (Å²) >= 11 is 12.2. The van der Waals surface area contributed by atoms with Crippen LogP contribution in [0.4, 0.5) is 5.69 Å². The Hall–Kier alpha value is -1.77. The van der Waals surface area contributed by atoms with Crippen LogP contribution in [-0.2, 0) is 4.79 Å². The fourth-order valence-corrected chi connectivity index (χ4v) is 2.60. The lowest BCUT2D eigenvalue weighted by Gasteiger charge is -2.05. The average molecular weight is 342 g/mol. The Kier molecular flexibility index (Phi) is 5.05. The maximum atomic E-state index is 11.4. The number of nitro groups is 1. The van der Waals surface area contributed by atoms with Crippen molar-refractivity contribution in [3.63, 3.8) is 0 Å². The van der Waals surface area contributed by atoms with E-state index >= 15 is 0 Å². The Morgan fingerprint density at radius 2 is 2.14 bits per heavy atom. The summed E-state index contributed by atoms with van der Waals surface area (Å²) in [4.78, 5) is 21.5. The molecule has 0 bridgehead atoms. The summed E-state index contributed by atoms with van der Waals surface area (Å²) in [6.45, 7) is 0. The molecule has 108 valence electrons. The first-order valence-corrected chi connectivity index (χ1v) is 7.40. The number of rotatable bonds is 4. The fraction of sp³-hybridized carbons (Fsp3) is 0.0833. The van der Waals surface area contributed by atoms with Crippen molar-refractivity contribution >= 4 is 63.8 Å². The highest BCUT2D eigenvalue weighted by Crippen LogP contribution is 2.20. The number of allylic oxidation sites excluding steroid dienone is 1. The van der Waals surface area contributed by atoms with Crippen molar-refractivity contribution < 1.29 is 9.72 Å². The first-order chi connectivity index (χ1) is 9.97. The second kappa shape index (κ2) is 6.79. The maximum Gasteiger partial charge on any atom is 0.269 e. The molecule has 1 fully saturated rings. The molecule has 0 aliphatic carbocycles. The molecule has 21 heavy (non-hydrogen) atoms. The molecule has 0 unspecified atom stereocenters. The van der Waals surface area contributed by atoms with Gasteiger partial charge in [0.05, 0.1) is 21.9 Å². The molecule has 1 aliphatic heterocycles. The molecular weight excluding hydrogens is 334 g/mol. The number of thiocarbonyl (C=S) groups is 1. The average Bonchev–Trinajstić information content (AvgIpc) is 2.76. The number of non-ortho nitro benzene ring substituents is 1. The summed E-state index contributed by atoms with van der Waals surface area (Å²) in [5.41, 5.74) is 0.684. The zero-order chi connectivity index (χ0) is 15.4. The number of hydrogen-bond acceptors (Lipinski definition) is 6. The highest BCUT2D eigenvalue weighted by molar-refractivity contribution is 8.23. The van der Waals surface area contributed by atoms with Gasteiger partial charge in [0.25, 0.3) is 11.6 Å². The van der Waals surface area contributed by atoms with E-state index in [0.717, 1.165) is 5.01 Å². The Bertz CT molecular complexity index is 642. The van der Waals surface area contributed by atoms with E-state index in [1.807, 2.05) is 0 Å². The summed E-state index contributed by atoms with van der Waals surface area (Å²) in [6.07, 6.45) is 2.88. The van der Waals surface area contributed by atoms with Gasteiger partial charge >= 0.3 is 0 Å². The van der Waals surface area contributed by atoms with Crippen LogP contribution in [0.3, 0.4) is 0 Å². The van der Waals surface area contributed by atoms with E-state index in [4.69, 9.17) is 23.8 Å². The Balaban J connectivity index is 2.08. The number of nitrogens with zero attached hydrogens (tertiary/aromatic N) is 3. The molecule has 6 nitrogen and oxygen atoms in total. The van der Waals surface area contributed by atoms with E-state index < -0.39 is 4.92 Å². The van der Waals surface area contributed by atoms with Gasteiger partial charge < -0.3 is 0 Å². The Morgan fingerprint density at radius 3 is 2.67 bits per heavy atom. The highest BCUT2D eigenvalue weighted by Gasteiger charge is 2.25. The predicted octanol–water partition coefficient (Wildman–Crippen LogP) is 3.02. The number of hydrogen-bond donors (Lipinski definition) is 0. The molecule has 1 aromatic carbocycles. The quantitative estimate of drug-likeness (QED) is 0.364. The number of nitro benzene ring substituents is 1. The van der Waals surface area contributed by atoms with Crippen LogP contribution in [0.15, 0.2) is 34.4 Å². The Morgan fingerprint density at radius 1 is 1.48 bits per heavy atom. The van der Waals surface area contributed by atoms with Gasteiger partial charge in [-0.2, -0.15) is 10.1 Å². The molecule has 1 heterocycles. The van der Waals surface area contributed by atoms with Crippen LogP contribution in [0.2, 0.25) is 0 Å². The van der Waals surface area contributed by atoms with Gasteiger partial charge in [0.2, 0.25) is 0 Å². The molecule has 1 aromatic rings. The minimum atomic E-state index is -0.478. The second-order valence-corrected chi connectivity index (χ2v) is 5.93. The lowest BCUT2D eigenvalue weighted by molar-refractivity contribution is -0.384. The zero-order valence-corrected chi connectivity index (χ0v) is 12.8. The molecule has 0 aromatic heterocycles. The number of halogens is 1. The predicted molar refractivity (Wildman–Crippen MR) is 87.3 cm³/mol. The number of hydrazone groups is 1. The molecule has 1 amide bonds. The second-order valence-electron chi connectivity index (χ2n) is 3.88. The summed E-state index contributed by atoms with van der Waals surface area (Å²) < 4.78 is 0.385. The molecule has 2 rings (SSSR count). The number of thioether (sulfide) groups is 1. The van der Waals surface area contributed by atoms with Crippen LogP contribution < -0.4 is 0 Å². The zero-order valence-electron chi connectivity index (χ0n) is 10.4. The van der Waals surface area contributed by atoms with Gasteiger partial charge in [-0.25, -0.2) is 0 Å². The van der Waals surface area contributed by atoms with Gasteiger partial charge in [0.15, 0.2) is 4.32 Å². The van der Waals surface area contributed by atoms with Crippen molar-refractivity contribution in [2.75, 3.05) is 5.75 Å². The maximum absolute atomic E-state index is 11.4. The van der Waals surface area contributed by atoms with Crippen LogP contribution in [0, 0.1) is 10.1 Å². The third-order valence-electron chi connectivity index (χ3n) is 2.43. The van der Waals surface area contributed by atoms with Gasteiger partial charge in [-0.1, -0.05) is 35.6 Å². The first-order valence-electron chi connectivity index (χ1n) is 5.63. The van der Waals surface area contributed by atoms with Crippen molar-refractivity contribution in [3.05, 3.63) is 45.0 Å². The summed E-state index contributed by atoms with van der Waals surface area (Å²) in [6, 6.07) is 5.89. The minimum Gasteiger partial charge on any atom is -0.272 e. The molecule has 0 radical (unpaired) electrons. The summed E-state index contributed by atoms with van der Waals surface area (Å²) in [7, 11) is 0. The number of carbonyl (C=O) groups is 1. The van der Waals surface area contributed by atoms with Crippen LogP contribution in [0.25, 0.3) is 6.08 Å². The lowest BCUT2D eigenvalue weighted by Crippen LogP contribution is -2.22.